The maximum Gasteiger partial charge on any atom is 0.333 e. The highest BCUT2D eigenvalue weighted by Gasteiger charge is 2.23. The van der Waals surface area contributed by atoms with Crippen molar-refractivity contribution in [2.45, 2.75) is 13.5 Å². The quantitative estimate of drug-likeness (QED) is 0.664. The molecular formula is C13H16N4O4. The highest BCUT2D eigenvalue weighted by atomic mass is 16.6. The first-order valence-corrected chi connectivity index (χ1v) is 6.16. The van der Waals surface area contributed by atoms with Gasteiger partial charge in [-0.25, -0.2) is 4.68 Å². The van der Waals surface area contributed by atoms with Gasteiger partial charge in [0.25, 0.3) is 0 Å². The van der Waals surface area contributed by atoms with Crippen LogP contribution in [0.5, 0.6) is 11.5 Å². The van der Waals surface area contributed by atoms with Gasteiger partial charge in [-0.05, 0) is 25.1 Å². The summed E-state index contributed by atoms with van der Waals surface area (Å²) in [6.45, 7) is 1.80. The number of hydrogen-bond donors (Lipinski definition) is 1. The second-order valence-corrected chi connectivity index (χ2v) is 4.41. The summed E-state index contributed by atoms with van der Waals surface area (Å²) < 4.78 is 11.8. The molecule has 1 aromatic carbocycles. The monoisotopic (exact) mass is 292 g/mol. The van der Waals surface area contributed by atoms with Gasteiger partial charge in [-0.15, -0.1) is 0 Å². The number of nitro groups is 1. The lowest BCUT2D eigenvalue weighted by Gasteiger charge is -2.11. The molecule has 0 spiro atoms. The van der Waals surface area contributed by atoms with E-state index in [1.54, 1.807) is 39.3 Å². The van der Waals surface area contributed by atoms with E-state index in [9.17, 15) is 10.1 Å². The number of rotatable bonds is 5. The van der Waals surface area contributed by atoms with Gasteiger partial charge in [0.05, 0.1) is 25.7 Å². The smallest absolute Gasteiger partial charge is 0.333 e. The Kier molecular flexibility index (Phi) is 3.97. The number of nitrogen functional groups attached to an aromatic ring is 1. The SMILES string of the molecule is COc1ccc(OC)c(Cn2nc(C)c([N+](=O)[O-])c2N)c1. The highest BCUT2D eigenvalue weighted by molar-refractivity contribution is 5.56. The molecule has 0 atom stereocenters. The third kappa shape index (κ3) is 2.73. The largest absolute Gasteiger partial charge is 0.497 e. The van der Waals surface area contributed by atoms with Crippen LogP contribution in [0.1, 0.15) is 11.3 Å². The van der Waals surface area contributed by atoms with Crippen LogP contribution in [0.25, 0.3) is 0 Å². The van der Waals surface area contributed by atoms with E-state index >= 15 is 0 Å². The van der Waals surface area contributed by atoms with Crippen molar-refractivity contribution in [3.8, 4) is 11.5 Å². The fourth-order valence-corrected chi connectivity index (χ4v) is 2.10. The molecule has 2 N–H and O–H groups in total. The van der Waals surface area contributed by atoms with Crippen LogP contribution < -0.4 is 15.2 Å². The second kappa shape index (κ2) is 5.70. The summed E-state index contributed by atoms with van der Waals surface area (Å²) in [7, 11) is 3.11. The molecule has 0 fully saturated rings. The first kappa shape index (κ1) is 14.6. The van der Waals surface area contributed by atoms with Crippen molar-refractivity contribution in [2.24, 2.45) is 0 Å². The van der Waals surface area contributed by atoms with E-state index in [0.717, 1.165) is 5.56 Å². The maximum atomic E-state index is 11.0. The maximum absolute atomic E-state index is 11.0. The van der Waals surface area contributed by atoms with E-state index in [1.165, 1.54) is 4.68 Å². The van der Waals surface area contributed by atoms with Gasteiger partial charge in [-0.1, -0.05) is 0 Å². The average Bonchev–Trinajstić information content (AvgIpc) is 2.73. The van der Waals surface area contributed by atoms with Gasteiger partial charge in [-0.2, -0.15) is 5.10 Å². The highest BCUT2D eigenvalue weighted by Crippen LogP contribution is 2.29. The Labute approximate surface area is 121 Å². The van der Waals surface area contributed by atoms with Gasteiger partial charge >= 0.3 is 5.69 Å². The molecule has 112 valence electrons. The first-order valence-electron chi connectivity index (χ1n) is 6.16. The molecule has 0 amide bonds. The van der Waals surface area contributed by atoms with Gasteiger partial charge < -0.3 is 15.2 Å². The fraction of sp³-hybridized carbons (Fsp3) is 0.308. The second-order valence-electron chi connectivity index (χ2n) is 4.41. The van der Waals surface area contributed by atoms with Crippen LogP contribution in [0.4, 0.5) is 11.5 Å². The number of anilines is 1. The Bertz CT molecular complexity index is 681. The summed E-state index contributed by atoms with van der Waals surface area (Å²) in [6, 6.07) is 5.30. The molecule has 0 aliphatic heterocycles. The summed E-state index contributed by atoms with van der Waals surface area (Å²) in [5.41, 5.74) is 6.67. The lowest BCUT2D eigenvalue weighted by Crippen LogP contribution is -2.08. The zero-order chi connectivity index (χ0) is 15.6. The molecule has 0 unspecified atom stereocenters. The van der Waals surface area contributed by atoms with E-state index in [0.29, 0.717) is 11.5 Å². The van der Waals surface area contributed by atoms with Crippen molar-refractivity contribution in [1.82, 2.24) is 9.78 Å². The van der Waals surface area contributed by atoms with Crippen LogP contribution in [-0.4, -0.2) is 28.9 Å². The van der Waals surface area contributed by atoms with E-state index < -0.39 is 4.92 Å². The number of aryl methyl sites for hydroxylation is 1. The molecule has 1 heterocycles. The summed E-state index contributed by atoms with van der Waals surface area (Å²) in [5.74, 6) is 1.30. The Morgan fingerprint density at radius 2 is 2.10 bits per heavy atom. The minimum Gasteiger partial charge on any atom is -0.497 e. The number of hydrogen-bond acceptors (Lipinski definition) is 6. The van der Waals surface area contributed by atoms with Crippen molar-refractivity contribution in [1.29, 1.82) is 0 Å². The minimum absolute atomic E-state index is 0.0161. The van der Waals surface area contributed by atoms with E-state index in [4.69, 9.17) is 15.2 Å². The van der Waals surface area contributed by atoms with E-state index in [2.05, 4.69) is 5.10 Å². The van der Waals surface area contributed by atoms with Crippen LogP contribution in [0.3, 0.4) is 0 Å². The van der Waals surface area contributed by atoms with Gasteiger partial charge in [0.15, 0.2) is 0 Å². The lowest BCUT2D eigenvalue weighted by atomic mass is 10.2. The molecule has 0 radical (unpaired) electrons. The summed E-state index contributed by atoms with van der Waals surface area (Å²) >= 11 is 0. The van der Waals surface area contributed by atoms with Crippen LogP contribution in [0, 0.1) is 17.0 Å². The molecule has 8 heteroatoms. The zero-order valence-electron chi connectivity index (χ0n) is 12.0. The topological polar surface area (TPSA) is 105 Å². The third-order valence-corrected chi connectivity index (χ3v) is 3.12. The number of nitrogens with two attached hydrogens (primary N) is 1. The van der Waals surface area contributed by atoms with Gasteiger partial charge in [0, 0.05) is 5.56 Å². The van der Waals surface area contributed by atoms with Crippen molar-refractivity contribution < 1.29 is 14.4 Å². The minimum atomic E-state index is -0.531. The average molecular weight is 292 g/mol. The summed E-state index contributed by atoms with van der Waals surface area (Å²) in [6.07, 6.45) is 0. The van der Waals surface area contributed by atoms with Crippen molar-refractivity contribution >= 4 is 11.5 Å². The number of benzene rings is 1. The molecular weight excluding hydrogens is 276 g/mol. The zero-order valence-corrected chi connectivity index (χ0v) is 12.0. The summed E-state index contributed by atoms with van der Waals surface area (Å²) in [4.78, 5) is 10.4. The lowest BCUT2D eigenvalue weighted by molar-refractivity contribution is -0.384. The van der Waals surface area contributed by atoms with E-state index in [1.807, 2.05) is 0 Å². The number of nitrogens with zero attached hydrogens (tertiary/aromatic N) is 3. The Morgan fingerprint density at radius 1 is 1.38 bits per heavy atom. The number of aromatic nitrogens is 2. The number of ether oxygens (including phenoxy) is 2. The molecule has 0 saturated heterocycles. The van der Waals surface area contributed by atoms with Crippen molar-refractivity contribution in [3.63, 3.8) is 0 Å². The standard InChI is InChI=1S/C13H16N4O4/c1-8-12(17(18)19)13(14)16(15-8)7-9-6-10(20-2)4-5-11(9)21-3/h4-6H,7,14H2,1-3H3. The predicted octanol–water partition coefficient (Wildman–Crippen LogP) is 1.75. The Balaban J connectivity index is 2.43. The molecule has 0 aliphatic carbocycles. The third-order valence-electron chi connectivity index (χ3n) is 3.12. The van der Waals surface area contributed by atoms with Crippen molar-refractivity contribution in [3.05, 3.63) is 39.6 Å². The van der Waals surface area contributed by atoms with Crippen LogP contribution in [-0.2, 0) is 6.54 Å². The molecule has 2 rings (SSSR count). The number of methoxy groups -OCH3 is 2. The molecule has 21 heavy (non-hydrogen) atoms. The van der Waals surface area contributed by atoms with E-state index in [-0.39, 0.29) is 23.7 Å². The Hall–Kier alpha value is -2.77. The normalized spacial score (nSPS) is 10.4. The molecule has 1 aromatic heterocycles. The molecule has 0 bridgehead atoms. The van der Waals surface area contributed by atoms with Crippen LogP contribution in [0.2, 0.25) is 0 Å². The first-order chi connectivity index (χ1) is 9.97. The Morgan fingerprint density at radius 3 is 2.62 bits per heavy atom. The molecule has 8 nitrogen and oxygen atoms in total. The molecule has 2 aromatic rings. The summed E-state index contributed by atoms with van der Waals surface area (Å²) in [5, 5.41) is 15.1. The fourth-order valence-electron chi connectivity index (χ4n) is 2.10. The molecule has 0 aliphatic rings. The van der Waals surface area contributed by atoms with Gasteiger partial charge in [0.1, 0.15) is 17.2 Å². The van der Waals surface area contributed by atoms with Crippen molar-refractivity contribution in [2.75, 3.05) is 20.0 Å². The van der Waals surface area contributed by atoms with Crippen LogP contribution >= 0.6 is 0 Å². The van der Waals surface area contributed by atoms with Gasteiger partial charge in [0.2, 0.25) is 5.82 Å². The van der Waals surface area contributed by atoms with Gasteiger partial charge in [-0.3, -0.25) is 10.1 Å². The van der Waals surface area contributed by atoms with Crippen LogP contribution in [0.15, 0.2) is 18.2 Å². The molecule has 0 saturated carbocycles. The predicted molar refractivity (Wildman–Crippen MR) is 76.7 cm³/mol.